The van der Waals surface area contributed by atoms with Crippen LogP contribution in [0.1, 0.15) is 56.9 Å². The third kappa shape index (κ3) is 8.02. The molecule has 2 saturated heterocycles. The Morgan fingerprint density at radius 2 is 1.68 bits per heavy atom. The first kappa shape index (κ1) is 29.0. The first-order chi connectivity index (χ1) is 18.7. The molecule has 0 aliphatic carbocycles. The number of allylic oxidation sites excluding steroid dienone is 1. The first-order valence-electron chi connectivity index (χ1n) is 14.6. The molecule has 0 bridgehead atoms. The number of hydrogen-bond donors (Lipinski definition) is 1. The monoisotopic (exact) mass is 530 g/mol. The Labute approximate surface area is 227 Å². The molecule has 1 N–H and O–H groups in total. The molecule has 8 nitrogen and oxygen atoms in total. The van der Waals surface area contributed by atoms with E-state index in [0.717, 1.165) is 37.9 Å². The maximum Gasteiger partial charge on any atom is 0.288 e. The molecule has 3 aliphatic heterocycles. The molecule has 1 aromatic carbocycles. The second kappa shape index (κ2) is 15.6. The molecule has 212 valence electrons. The minimum Gasteiger partial charge on any atom is -0.459 e. The van der Waals surface area contributed by atoms with Crippen molar-refractivity contribution in [3.63, 3.8) is 0 Å². The Morgan fingerprint density at radius 1 is 0.974 bits per heavy atom. The van der Waals surface area contributed by atoms with Gasteiger partial charge in [-0.2, -0.15) is 0 Å². The summed E-state index contributed by atoms with van der Waals surface area (Å²) < 4.78 is 23.5. The summed E-state index contributed by atoms with van der Waals surface area (Å²) in [7, 11) is 0. The molecule has 3 heterocycles. The Balaban J connectivity index is 1.42. The molecule has 1 aromatic rings. The number of rotatable bonds is 13. The van der Waals surface area contributed by atoms with Crippen molar-refractivity contribution in [3.05, 3.63) is 47.7 Å². The number of aliphatic hydroxyl groups is 1. The summed E-state index contributed by atoms with van der Waals surface area (Å²) >= 11 is 0. The fourth-order valence-corrected chi connectivity index (χ4v) is 5.97. The van der Waals surface area contributed by atoms with Crippen molar-refractivity contribution in [3.8, 4) is 0 Å². The molecule has 3 aliphatic rings. The zero-order valence-corrected chi connectivity index (χ0v) is 23.0. The topological polar surface area (TPSA) is 80.7 Å². The summed E-state index contributed by atoms with van der Waals surface area (Å²) in [6.45, 7) is 8.17. The molecule has 0 saturated carbocycles. The van der Waals surface area contributed by atoms with Gasteiger partial charge < -0.3 is 33.9 Å². The molecular formula is C30H46N2O6. The van der Waals surface area contributed by atoms with E-state index >= 15 is 0 Å². The number of piperidine rings is 2. The Bertz CT molecular complexity index is 852. The molecular weight excluding hydrogens is 484 g/mol. The van der Waals surface area contributed by atoms with E-state index < -0.39 is 6.29 Å². The lowest BCUT2D eigenvalue weighted by Gasteiger charge is -2.41. The van der Waals surface area contributed by atoms with Gasteiger partial charge in [0, 0.05) is 44.2 Å². The Kier molecular flexibility index (Phi) is 11.9. The average Bonchev–Trinajstić information content (AvgIpc) is 2.98. The maximum absolute atomic E-state index is 13.7. The van der Waals surface area contributed by atoms with Gasteiger partial charge in [0.25, 0.3) is 5.91 Å². The van der Waals surface area contributed by atoms with E-state index in [1.54, 1.807) is 0 Å². The van der Waals surface area contributed by atoms with Crippen LogP contribution in [0.15, 0.2) is 42.2 Å². The van der Waals surface area contributed by atoms with Crippen molar-refractivity contribution in [2.75, 3.05) is 65.8 Å². The number of carbonyl (C=O) groups is 1. The second-order valence-corrected chi connectivity index (χ2v) is 10.4. The summed E-state index contributed by atoms with van der Waals surface area (Å²) in [5, 5.41) is 8.84. The molecule has 0 spiro atoms. The minimum atomic E-state index is -0.519. The predicted octanol–water partition coefficient (Wildman–Crippen LogP) is 3.56. The van der Waals surface area contributed by atoms with Crippen molar-refractivity contribution in [2.45, 2.75) is 63.7 Å². The fraction of sp³-hybridized carbons (Fsp3) is 0.700. The van der Waals surface area contributed by atoms with Crippen molar-refractivity contribution in [2.24, 2.45) is 5.92 Å². The number of hydrogen-bond acceptors (Lipinski definition) is 7. The standard InChI is InChI=1S/C30H46N2O6/c1-2-37-30-26(13-19-35-21-22-36-20-18-33)27(24-9-5-3-6-10-24)23-28(38-30)29(34)32-16-11-25(12-17-32)31-14-7-4-8-15-31/h3,5-6,9-10,23,25-27,30,33H,2,4,7-8,11-22H2,1H3/t26-,27-,30-/m1/s1. The molecule has 3 atom stereocenters. The highest BCUT2D eigenvalue weighted by Gasteiger charge is 2.39. The van der Waals surface area contributed by atoms with Crippen LogP contribution in [-0.2, 0) is 23.7 Å². The van der Waals surface area contributed by atoms with Crippen LogP contribution in [0.5, 0.6) is 0 Å². The van der Waals surface area contributed by atoms with Gasteiger partial charge in [0.05, 0.1) is 26.4 Å². The lowest BCUT2D eigenvalue weighted by Crippen LogP contribution is -2.49. The van der Waals surface area contributed by atoms with Gasteiger partial charge in [0.15, 0.2) is 5.76 Å². The number of benzene rings is 1. The lowest BCUT2D eigenvalue weighted by atomic mass is 9.81. The minimum absolute atomic E-state index is 0.0112. The first-order valence-corrected chi connectivity index (χ1v) is 14.6. The van der Waals surface area contributed by atoms with E-state index in [1.165, 1.54) is 32.4 Å². The van der Waals surface area contributed by atoms with Gasteiger partial charge in [-0.15, -0.1) is 0 Å². The van der Waals surface area contributed by atoms with Crippen LogP contribution in [0.2, 0.25) is 0 Å². The van der Waals surface area contributed by atoms with Crippen LogP contribution in [0.3, 0.4) is 0 Å². The molecule has 38 heavy (non-hydrogen) atoms. The normalized spacial score (nSPS) is 25.2. The van der Waals surface area contributed by atoms with Crippen LogP contribution in [0.25, 0.3) is 0 Å². The molecule has 0 aromatic heterocycles. The van der Waals surface area contributed by atoms with Gasteiger partial charge in [0.1, 0.15) is 0 Å². The van der Waals surface area contributed by atoms with Gasteiger partial charge in [0.2, 0.25) is 6.29 Å². The summed E-state index contributed by atoms with van der Waals surface area (Å²) in [6, 6.07) is 10.9. The third-order valence-corrected chi connectivity index (χ3v) is 7.97. The second-order valence-electron chi connectivity index (χ2n) is 10.4. The summed E-state index contributed by atoms with van der Waals surface area (Å²) in [5.41, 5.74) is 1.14. The number of ether oxygens (including phenoxy) is 4. The Hall–Kier alpha value is -1.97. The van der Waals surface area contributed by atoms with E-state index in [-0.39, 0.29) is 24.3 Å². The quantitative estimate of drug-likeness (QED) is 0.391. The van der Waals surface area contributed by atoms with Crippen molar-refractivity contribution in [1.82, 2.24) is 9.80 Å². The van der Waals surface area contributed by atoms with Crippen molar-refractivity contribution < 1.29 is 28.8 Å². The smallest absolute Gasteiger partial charge is 0.288 e. The Morgan fingerprint density at radius 3 is 2.37 bits per heavy atom. The highest BCUT2D eigenvalue weighted by Crippen LogP contribution is 2.39. The van der Waals surface area contributed by atoms with Crippen molar-refractivity contribution >= 4 is 5.91 Å². The van der Waals surface area contributed by atoms with Crippen LogP contribution in [0, 0.1) is 5.92 Å². The summed E-state index contributed by atoms with van der Waals surface area (Å²) in [6.07, 6.45) is 8.20. The number of likely N-dealkylation sites (tertiary alicyclic amines) is 2. The third-order valence-electron chi connectivity index (χ3n) is 7.97. The number of carbonyl (C=O) groups excluding carboxylic acids is 1. The van der Waals surface area contributed by atoms with Gasteiger partial charge in [-0.1, -0.05) is 36.8 Å². The summed E-state index contributed by atoms with van der Waals surface area (Å²) in [5.74, 6) is 0.379. The van der Waals surface area contributed by atoms with E-state index in [0.29, 0.717) is 44.8 Å². The van der Waals surface area contributed by atoms with Gasteiger partial charge in [-0.25, -0.2) is 0 Å². The fourth-order valence-electron chi connectivity index (χ4n) is 5.97. The van der Waals surface area contributed by atoms with Crippen LogP contribution in [0.4, 0.5) is 0 Å². The average molecular weight is 531 g/mol. The molecule has 4 rings (SSSR count). The summed E-state index contributed by atoms with van der Waals surface area (Å²) in [4.78, 5) is 18.3. The molecule has 0 radical (unpaired) electrons. The largest absolute Gasteiger partial charge is 0.459 e. The SMILES string of the molecule is CCO[C@@H]1OC(C(=O)N2CCC(N3CCCCC3)CC2)=C[C@H](c2ccccc2)[C@H]1CCOCCOCCO. The molecule has 2 fully saturated rings. The van der Waals surface area contributed by atoms with Gasteiger partial charge in [-0.3, -0.25) is 4.79 Å². The highest BCUT2D eigenvalue weighted by atomic mass is 16.7. The molecule has 0 unspecified atom stereocenters. The number of aliphatic hydroxyl groups excluding tert-OH is 1. The zero-order chi connectivity index (χ0) is 26.6. The maximum atomic E-state index is 13.7. The molecule has 1 amide bonds. The van der Waals surface area contributed by atoms with Crippen molar-refractivity contribution in [1.29, 1.82) is 0 Å². The van der Waals surface area contributed by atoms with E-state index in [4.69, 9.17) is 24.1 Å². The van der Waals surface area contributed by atoms with Crippen LogP contribution in [-0.4, -0.2) is 99.0 Å². The van der Waals surface area contributed by atoms with Crippen LogP contribution >= 0.6 is 0 Å². The molecule has 8 heteroatoms. The predicted molar refractivity (Wildman–Crippen MR) is 146 cm³/mol. The lowest BCUT2D eigenvalue weighted by molar-refractivity contribution is -0.172. The van der Waals surface area contributed by atoms with Gasteiger partial charge >= 0.3 is 0 Å². The van der Waals surface area contributed by atoms with Crippen LogP contribution < -0.4 is 0 Å². The van der Waals surface area contributed by atoms with Gasteiger partial charge in [-0.05, 0) is 63.8 Å². The number of amides is 1. The highest BCUT2D eigenvalue weighted by molar-refractivity contribution is 5.92. The van der Waals surface area contributed by atoms with E-state index in [2.05, 4.69) is 17.0 Å². The van der Waals surface area contributed by atoms with E-state index in [1.807, 2.05) is 36.1 Å². The van der Waals surface area contributed by atoms with E-state index in [9.17, 15) is 4.79 Å². The number of nitrogens with zero attached hydrogens (tertiary/aromatic N) is 2. The zero-order valence-electron chi connectivity index (χ0n) is 23.0.